The second-order valence-electron chi connectivity index (χ2n) is 4.16. The fraction of sp³-hybridized carbons (Fsp3) is 0.0769. The lowest BCUT2D eigenvalue weighted by atomic mass is 10.3. The van der Waals surface area contributed by atoms with Crippen LogP contribution in [0.5, 0.6) is 0 Å². The van der Waals surface area contributed by atoms with E-state index in [2.05, 4.69) is 25.5 Å². The van der Waals surface area contributed by atoms with Crippen molar-refractivity contribution in [3.63, 3.8) is 0 Å². The largest absolute Gasteiger partial charge is 0.375 e. The molecule has 3 N–H and O–H groups in total. The summed E-state index contributed by atoms with van der Waals surface area (Å²) in [5.41, 5.74) is 11.3. The van der Waals surface area contributed by atoms with Crippen molar-refractivity contribution in [2.45, 2.75) is 6.92 Å². The zero-order valence-corrected chi connectivity index (χ0v) is 14.9. The molecule has 0 aliphatic carbocycles. The molecular formula is C13H13BrN6S2. The van der Waals surface area contributed by atoms with Crippen LogP contribution in [0.1, 0.15) is 11.3 Å². The van der Waals surface area contributed by atoms with E-state index in [4.69, 9.17) is 5.73 Å². The van der Waals surface area contributed by atoms with Gasteiger partial charge in [-0.25, -0.2) is 9.97 Å². The molecule has 0 saturated heterocycles. The van der Waals surface area contributed by atoms with Gasteiger partial charge in [-0.3, -0.25) is 10.4 Å². The third-order valence-corrected chi connectivity index (χ3v) is 4.36. The number of hydrogen-bond acceptors (Lipinski definition) is 8. The summed E-state index contributed by atoms with van der Waals surface area (Å²) < 4.78 is 0. The van der Waals surface area contributed by atoms with Crippen molar-refractivity contribution in [3.8, 4) is 10.6 Å². The van der Waals surface area contributed by atoms with Gasteiger partial charge in [0.05, 0.1) is 22.5 Å². The van der Waals surface area contributed by atoms with Gasteiger partial charge < -0.3 is 5.73 Å². The van der Waals surface area contributed by atoms with E-state index in [1.54, 1.807) is 18.6 Å². The molecule has 0 fully saturated rings. The first kappa shape index (κ1) is 16.5. The van der Waals surface area contributed by atoms with E-state index in [9.17, 15) is 0 Å². The number of pyridine rings is 1. The number of rotatable bonds is 4. The molecule has 0 unspecified atom stereocenters. The van der Waals surface area contributed by atoms with Gasteiger partial charge in [0.25, 0.3) is 0 Å². The maximum absolute atomic E-state index is 5.71. The molecule has 0 amide bonds. The molecule has 0 aromatic carbocycles. The standard InChI is InChI=1S/C13H12N6S2.BrH/c1-8-11(21-12(14)17-8)10-7-20-13(18-10)19-16-6-9-3-2-4-15-5-9;/h2-7H,1H3,(H2,14,17)(H,18,19);1H/b16-6+;. The predicted molar refractivity (Wildman–Crippen MR) is 98.1 cm³/mol. The van der Waals surface area contributed by atoms with Gasteiger partial charge in [-0.15, -0.1) is 28.3 Å². The van der Waals surface area contributed by atoms with Crippen LogP contribution in [0, 0.1) is 6.92 Å². The molecule has 3 heterocycles. The summed E-state index contributed by atoms with van der Waals surface area (Å²) in [5.74, 6) is 0. The van der Waals surface area contributed by atoms with Gasteiger partial charge in [0.2, 0.25) is 5.13 Å². The Morgan fingerprint density at radius 3 is 2.91 bits per heavy atom. The van der Waals surface area contributed by atoms with Gasteiger partial charge >= 0.3 is 0 Å². The Hall–Kier alpha value is -1.84. The number of thiazole rings is 2. The van der Waals surface area contributed by atoms with Crippen LogP contribution in [0.2, 0.25) is 0 Å². The van der Waals surface area contributed by atoms with Crippen molar-refractivity contribution >= 4 is 56.1 Å². The molecule has 0 spiro atoms. The predicted octanol–water partition coefficient (Wildman–Crippen LogP) is 3.58. The Balaban J connectivity index is 0.00000176. The van der Waals surface area contributed by atoms with E-state index < -0.39 is 0 Å². The quantitative estimate of drug-likeness (QED) is 0.519. The van der Waals surface area contributed by atoms with Gasteiger partial charge in [0.1, 0.15) is 0 Å². The number of anilines is 2. The molecule has 0 aliphatic heterocycles. The Bertz CT molecular complexity index is 768. The van der Waals surface area contributed by atoms with Crippen molar-refractivity contribution in [3.05, 3.63) is 41.2 Å². The molecule has 3 aromatic rings. The van der Waals surface area contributed by atoms with Gasteiger partial charge in [-0.2, -0.15) is 5.10 Å². The number of nitrogen functional groups attached to an aromatic ring is 1. The highest BCUT2D eigenvalue weighted by Gasteiger charge is 2.11. The summed E-state index contributed by atoms with van der Waals surface area (Å²) in [6, 6.07) is 3.79. The Labute approximate surface area is 145 Å². The Kier molecular flexibility index (Phi) is 5.58. The lowest BCUT2D eigenvalue weighted by Crippen LogP contribution is -1.90. The third kappa shape index (κ3) is 3.87. The highest BCUT2D eigenvalue weighted by atomic mass is 79.9. The number of hydrogen-bond donors (Lipinski definition) is 2. The van der Waals surface area contributed by atoms with Gasteiger partial charge in [-0.05, 0) is 13.0 Å². The highest BCUT2D eigenvalue weighted by molar-refractivity contribution is 8.93. The maximum atomic E-state index is 5.71. The first-order valence-electron chi connectivity index (χ1n) is 6.10. The van der Waals surface area contributed by atoms with Crippen molar-refractivity contribution < 1.29 is 0 Å². The monoisotopic (exact) mass is 396 g/mol. The fourth-order valence-corrected chi connectivity index (χ4v) is 3.22. The van der Waals surface area contributed by atoms with Crippen LogP contribution in [0.25, 0.3) is 10.6 Å². The average molecular weight is 397 g/mol. The number of aromatic nitrogens is 3. The molecule has 0 radical (unpaired) electrons. The molecule has 9 heteroatoms. The first-order chi connectivity index (χ1) is 10.2. The third-order valence-electron chi connectivity index (χ3n) is 2.61. The number of nitrogens with zero attached hydrogens (tertiary/aromatic N) is 4. The second-order valence-corrected chi connectivity index (χ2v) is 6.05. The van der Waals surface area contributed by atoms with Gasteiger partial charge in [0, 0.05) is 23.3 Å². The van der Waals surface area contributed by atoms with E-state index >= 15 is 0 Å². The molecule has 0 bridgehead atoms. The molecule has 3 rings (SSSR count). The summed E-state index contributed by atoms with van der Waals surface area (Å²) in [5, 5.41) is 7.38. The summed E-state index contributed by atoms with van der Waals surface area (Å²) >= 11 is 2.92. The normalized spacial score (nSPS) is 10.6. The van der Waals surface area contributed by atoms with Crippen LogP contribution in [0.15, 0.2) is 35.0 Å². The van der Waals surface area contributed by atoms with E-state index in [1.165, 1.54) is 22.7 Å². The number of hydrazone groups is 1. The van der Waals surface area contributed by atoms with Crippen LogP contribution in [0.4, 0.5) is 10.3 Å². The Morgan fingerprint density at radius 2 is 2.23 bits per heavy atom. The summed E-state index contributed by atoms with van der Waals surface area (Å²) in [6.07, 6.45) is 5.16. The van der Waals surface area contributed by atoms with Crippen molar-refractivity contribution in [2.75, 3.05) is 11.2 Å². The summed E-state index contributed by atoms with van der Waals surface area (Å²) in [6.45, 7) is 1.93. The second kappa shape index (κ2) is 7.43. The SMILES string of the molecule is Br.Cc1nc(N)sc1-c1csc(N/N=C/c2cccnc2)n1. The molecule has 0 aliphatic rings. The minimum Gasteiger partial charge on any atom is -0.375 e. The molecule has 0 atom stereocenters. The zero-order valence-electron chi connectivity index (χ0n) is 11.6. The average Bonchev–Trinajstić information content (AvgIpc) is 3.06. The molecule has 0 saturated carbocycles. The number of halogens is 1. The van der Waals surface area contributed by atoms with Crippen LogP contribution in [-0.4, -0.2) is 21.2 Å². The maximum Gasteiger partial charge on any atom is 0.203 e. The van der Waals surface area contributed by atoms with Crippen LogP contribution >= 0.6 is 39.7 Å². The fourth-order valence-electron chi connectivity index (χ4n) is 1.70. The van der Waals surface area contributed by atoms with Gasteiger partial charge in [0.15, 0.2) is 5.13 Å². The first-order valence-corrected chi connectivity index (χ1v) is 7.80. The van der Waals surface area contributed by atoms with Crippen LogP contribution in [0.3, 0.4) is 0 Å². The van der Waals surface area contributed by atoms with Crippen molar-refractivity contribution in [1.82, 2.24) is 15.0 Å². The molecule has 6 nitrogen and oxygen atoms in total. The molecule has 114 valence electrons. The van der Waals surface area contributed by atoms with E-state index in [0.29, 0.717) is 5.13 Å². The van der Waals surface area contributed by atoms with E-state index in [0.717, 1.165) is 27.0 Å². The Morgan fingerprint density at radius 1 is 1.36 bits per heavy atom. The smallest absolute Gasteiger partial charge is 0.203 e. The zero-order chi connectivity index (χ0) is 14.7. The van der Waals surface area contributed by atoms with Crippen molar-refractivity contribution in [2.24, 2.45) is 5.10 Å². The van der Waals surface area contributed by atoms with Crippen molar-refractivity contribution in [1.29, 1.82) is 0 Å². The van der Waals surface area contributed by atoms with Gasteiger partial charge in [-0.1, -0.05) is 17.4 Å². The van der Waals surface area contributed by atoms with Crippen LogP contribution in [-0.2, 0) is 0 Å². The number of aryl methyl sites for hydroxylation is 1. The topological polar surface area (TPSA) is 89.1 Å². The molecule has 22 heavy (non-hydrogen) atoms. The lowest BCUT2D eigenvalue weighted by molar-refractivity contribution is 1.25. The summed E-state index contributed by atoms with van der Waals surface area (Å²) in [7, 11) is 0. The molecular weight excluding hydrogens is 384 g/mol. The van der Waals surface area contributed by atoms with Crippen LogP contribution < -0.4 is 11.2 Å². The number of nitrogens with two attached hydrogens (primary N) is 1. The van der Waals surface area contributed by atoms with E-state index in [-0.39, 0.29) is 17.0 Å². The lowest BCUT2D eigenvalue weighted by Gasteiger charge is -1.94. The molecule has 3 aromatic heterocycles. The minimum atomic E-state index is 0. The highest BCUT2D eigenvalue weighted by Crippen LogP contribution is 2.33. The number of nitrogens with one attached hydrogen (secondary N) is 1. The minimum absolute atomic E-state index is 0. The summed E-state index contributed by atoms with van der Waals surface area (Å²) in [4.78, 5) is 13.7. The van der Waals surface area contributed by atoms with E-state index in [1.807, 2.05) is 24.4 Å².